The number of rotatable bonds is 5. The number of fused-ring (bicyclic) bond motifs is 1. The average Bonchev–Trinajstić information content (AvgIpc) is 2.73. The first kappa shape index (κ1) is 19.2. The van der Waals surface area contributed by atoms with E-state index in [1.54, 1.807) is 36.5 Å². The molecule has 3 nitrogen and oxygen atoms in total. The minimum Gasteiger partial charge on any atom is -0.355 e. The van der Waals surface area contributed by atoms with Crippen molar-refractivity contribution in [2.24, 2.45) is 0 Å². The van der Waals surface area contributed by atoms with Crippen LogP contribution in [-0.2, 0) is 0 Å². The SMILES string of the molecule is O=C(C=Cc1ccc(Cl)cc1)c1cccc(Nc2ccnc3cc(Cl)ccc23)c1. The second-order valence-electron chi connectivity index (χ2n) is 6.47. The normalized spacial score (nSPS) is 11.1. The molecule has 0 saturated heterocycles. The molecule has 0 bridgehead atoms. The van der Waals surface area contributed by atoms with Crippen LogP contribution in [0.3, 0.4) is 0 Å². The number of aromatic nitrogens is 1. The van der Waals surface area contributed by atoms with E-state index in [4.69, 9.17) is 23.2 Å². The number of pyridine rings is 1. The highest BCUT2D eigenvalue weighted by molar-refractivity contribution is 6.31. The highest BCUT2D eigenvalue weighted by Crippen LogP contribution is 2.27. The Labute approximate surface area is 178 Å². The van der Waals surface area contributed by atoms with Gasteiger partial charge in [0.25, 0.3) is 0 Å². The molecule has 0 aliphatic carbocycles. The van der Waals surface area contributed by atoms with E-state index < -0.39 is 0 Å². The van der Waals surface area contributed by atoms with Crippen LogP contribution in [0.2, 0.25) is 10.0 Å². The highest BCUT2D eigenvalue weighted by atomic mass is 35.5. The van der Waals surface area contributed by atoms with Crippen LogP contribution in [0.15, 0.2) is 85.1 Å². The number of ketones is 1. The Morgan fingerprint density at radius 1 is 0.897 bits per heavy atom. The fourth-order valence-corrected chi connectivity index (χ4v) is 3.27. The number of allylic oxidation sites excluding steroid dienone is 1. The second-order valence-corrected chi connectivity index (χ2v) is 7.35. The lowest BCUT2D eigenvalue weighted by Gasteiger charge is -2.10. The van der Waals surface area contributed by atoms with E-state index in [2.05, 4.69) is 10.3 Å². The van der Waals surface area contributed by atoms with E-state index in [-0.39, 0.29) is 5.78 Å². The van der Waals surface area contributed by atoms with E-state index in [1.165, 1.54) is 0 Å². The van der Waals surface area contributed by atoms with Crippen molar-refractivity contribution >= 4 is 57.3 Å². The van der Waals surface area contributed by atoms with Gasteiger partial charge in [-0.1, -0.05) is 53.5 Å². The van der Waals surface area contributed by atoms with Gasteiger partial charge in [0.05, 0.1) is 5.52 Å². The van der Waals surface area contributed by atoms with E-state index in [9.17, 15) is 4.79 Å². The molecule has 0 unspecified atom stereocenters. The van der Waals surface area contributed by atoms with Crippen molar-refractivity contribution in [3.8, 4) is 0 Å². The lowest BCUT2D eigenvalue weighted by molar-refractivity contribution is 0.104. The molecule has 1 heterocycles. The number of carbonyl (C=O) groups excluding carboxylic acids is 1. The van der Waals surface area contributed by atoms with Gasteiger partial charge in [-0.2, -0.15) is 0 Å². The standard InChI is InChI=1S/C24H16Cl2N2O/c25-18-7-4-16(5-8-18)6-11-24(29)17-2-1-3-20(14-17)28-22-12-13-27-23-15-19(26)9-10-21(22)23/h1-15H,(H,27,28). The Bertz CT molecular complexity index is 1220. The van der Waals surface area contributed by atoms with Gasteiger partial charge < -0.3 is 5.32 Å². The fourth-order valence-electron chi connectivity index (χ4n) is 2.98. The summed E-state index contributed by atoms with van der Waals surface area (Å²) >= 11 is 11.9. The highest BCUT2D eigenvalue weighted by Gasteiger charge is 2.06. The molecule has 3 aromatic carbocycles. The summed E-state index contributed by atoms with van der Waals surface area (Å²) < 4.78 is 0. The fraction of sp³-hybridized carbons (Fsp3) is 0. The summed E-state index contributed by atoms with van der Waals surface area (Å²) in [7, 11) is 0. The van der Waals surface area contributed by atoms with E-state index >= 15 is 0 Å². The third-order valence-electron chi connectivity index (χ3n) is 4.43. The summed E-state index contributed by atoms with van der Waals surface area (Å²) in [5.41, 5.74) is 4.03. The van der Waals surface area contributed by atoms with Gasteiger partial charge >= 0.3 is 0 Å². The van der Waals surface area contributed by atoms with E-state index in [1.807, 2.05) is 54.6 Å². The summed E-state index contributed by atoms with van der Waals surface area (Å²) in [6.45, 7) is 0. The zero-order chi connectivity index (χ0) is 20.2. The van der Waals surface area contributed by atoms with Crippen molar-refractivity contribution in [3.05, 3.63) is 106 Å². The number of hydrogen-bond donors (Lipinski definition) is 1. The van der Waals surface area contributed by atoms with Gasteiger partial charge in [-0.3, -0.25) is 9.78 Å². The van der Waals surface area contributed by atoms with Crippen molar-refractivity contribution in [1.82, 2.24) is 4.98 Å². The predicted octanol–water partition coefficient (Wildman–Crippen LogP) is 7.18. The molecular weight excluding hydrogens is 403 g/mol. The number of carbonyl (C=O) groups is 1. The van der Waals surface area contributed by atoms with Crippen molar-refractivity contribution in [2.75, 3.05) is 5.32 Å². The van der Waals surface area contributed by atoms with E-state index in [0.29, 0.717) is 15.6 Å². The third-order valence-corrected chi connectivity index (χ3v) is 4.92. The van der Waals surface area contributed by atoms with Crippen LogP contribution < -0.4 is 5.32 Å². The van der Waals surface area contributed by atoms with Gasteiger partial charge in [0, 0.05) is 38.6 Å². The Kier molecular flexibility index (Phi) is 5.61. The summed E-state index contributed by atoms with van der Waals surface area (Å²) in [5, 5.41) is 5.63. The molecule has 29 heavy (non-hydrogen) atoms. The number of nitrogens with zero attached hydrogens (tertiary/aromatic N) is 1. The van der Waals surface area contributed by atoms with Crippen LogP contribution in [0.25, 0.3) is 17.0 Å². The molecule has 4 aromatic rings. The predicted molar refractivity (Wildman–Crippen MR) is 121 cm³/mol. The maximum Gasteiger partial charge on any atom is 0.185 e. The molecule has 1 aromatic heterocycles. The first-order chi connectivity index (χ1) is 14.1. The molecule has 0 fully saturated rings. The van der Waals surface area contributed by atoms with Crippen LogP contribution in [0.5, 0.6) is 0 Å². The molecule has 1 N–H and O–H groups in total. The molecule has 0 radical (unpaired) electrons. The van der Waals surface area contributed by atoms with Crippen LogP contribution in [0.1, 0.15) is 15.9 Å². The molecule has 0 atom stereocenters. The van der Waals surface area contributed by atoms with Gasteiger partial charge in [0.15, 0.2) is 5.78 Å². The number of anilines is 2. The van der Waals surface area contributed by atoms with Crippen molar-refractivity contribution in [2.45, 2.75) is 0 Å². The third kappa shape index (κ3) is 4.65. The topological polar surface area (TPSA) is 42.0 Å². The second kappa shape index (κ2) is 8.48. The molecule has 0 amide bonds. The van der Waals surface area contributed by atoms with Crippen LogP contribution in [0.4, 0.5) is 11.4 Å². The smallest absolute Gasteiger partial charge is 0.185 e. The van der Waals surface area contributed by atoms with Gasteiger partial charge in [0.2, 0.25) is 0 Å². The van der Waals surface area contributed by atoms with Crippen LogP contribution >= 0.6 is 23.2 Å². The molecule has 0 aliphatic heterocycles. The molecule has 142 valence electrons. The summed E-state index contributed by atoms with van der Waals surface area (Å²) in [5.74, 6) is -0.0741. The lowest BCUT2D eigenvalue weighted by Crippen LogP contribution is -1.97. The zero-order valence-electron chi connectivity index (χ0n) is 15.3. The van der Waals surface area contributed by atoms with Crippen molar-refractivity contribution < 1.29 is 4.79 Å². The minimum absolute atomic E-state index is 0.0741. The first-order valence-corrected chi connectivity index (χ1v) is 9.73. The average molecular weight is 419 g/mol. The number of benzene rings is 3. The molecule has 5 heteroatoms. The van der Waals surface area contributed by atoms with Gasteiger partial charge in [-0.25, -0.2) is 0 Å². The molecular formula is C24H16Cl2N2O. The Hall–Kier alpha value is -3.14. The summed E-state index contributed by atoms with van der Waals surface area (Å²) in [6, 6.07) is 22.2. The van der Waals surface area contributed by atoms with Gasteiger partial charge in [-0.05, 0) is 60.2 Å². The first-order valence-electron chi connectivity index (χ1n) is 8.98. The monoisotopic (exact) mass is 418 g/mol. The number of hydrogen-bond acceptors (Lipinski definition) is 3. The Morgan fingerprint density at radius 2 is 1.69 bits per heavy atom. The summed E-state index contributed by atoms with van der Waals surface area (Å²) in [6.07, 6.45) is 5.07. The van der Waals surface area contributed by atoms with Crippen LogP contribution in [0, 0.1) is 0 Å². The summed E-state index contributed by atoms with van der Waals surface area (Å²) in [4.78, 5) is 16.9. The largest absolute Gasteiger partial charge is 0.355 e. The zero-order valence-corrected chi connectivity index (χ0v) is 16.8. The lowest BCUT2D eigenvalue weighted by atomic mass is 10.1. The molecule has 4 rings (SSSR count). The maximum atomic E-state index is 12.6. The Balaban J connectivity index is 1.56. The van der Waals surface area contributed by atoms with Gasteiger partial charge in [0.1, 0.15) is 0 Å². The quantitative estimate of drug-likeness (QED) is 0.275. The number of halogens is 2. The number of nitrogens with one attached hydrogen (secondary N) is 1. The van der Waals surface area contributed by atoms with Crippen molar-refractivity contribution in [1.29, 1.82) is 0 Å². The van der Waals surface area contributed by atoms with Crippen LogP contribution in [-0.4, -0.2) is 10.8 Å². The van der Waals surface area contributed by atoms with E-state index in [0.717, 1.165) is 27.8 Å². The van der Waals surface area contributed by atoms with Gasteiger partial charge in [-0.15, -0.1) is 0 Å². The molecule has 0 saturated carbocycles. The van der Waals surface area contributed by atoms with Crippen molar-refractivity contribution in [3.63, 3.8) is 0 Å². The molecule has 0 aliphatic rings. The molecule has 0 spiro atoms. The Morgan fingerprint density at radius 3 is 2.52 bits per heavy atom. The minimum atomic E-state index is -0.0741. The maximum absolute atomic E-state index is 12.6.